The van der Waals surface area contributed by atoms with Crippen LogP contribution in [0.15, 0.2) is 122 Å². The molecule has 14 heteroatoms. The predicted molar refractivity (Wildman–Crippen MR) is 254 cm³/mol. The lowest BCUT2D eigenvalue weighted by Crippen LogP contribution is -2.35. The van der Waals surface area contributed by atoms with Crippen LogP contribution in [0.25, 0.3) is 6.08 Å². The maximum atomic E-state index is 12.2. The number of aldehydes is 1. The lowest BCUT2D eigenvalue weighted by atomic mass is 10.2. The number of likely N-dealkylation sites (tertiary alicyclic amines) is 2. The molecule has 2 aromatic heterocycles. The van der Waals surface area contributed by atoms with Crippen molar-refractivity contribution in [3.05, 3.63) is 133 Å². The minimum absolute atomic E-state index is 0.00437. The van der Waals surface area contributed by atoms with E-state index in [2.05, 4.69) is 46.6 Å². The van der Waals surface area contributed by atoms with Crippen LogP contribution in [0.2, 0.25) is 0 Å². The highest BCUT2D eigenvalue weighted by atomic mass is 31.2. The zero-order valence-corrected chi connectivity index (χ0v) is 39.1. The molecule has 7 rings (SSSR count). The summed E-state index contributed by atoms with van der Waals surface area (Å²) in [5.74, 6) is 2.05. The lowest BCUT2D eigenvalue weighted by Gasteiger charge is -2.28. The maximum absolute atomic E-state index is 12.2. The number of carbonyl (C=O) groups is 5. The molecule has 13 nitrogen and oxygen atoms in total. The number of amides is 2. The third kappa shape index (κ3) is 13.8. The molecule has 0 spiro atoms. The van der Waals surface area contributed by atoms with E-state index in [0.717, 1.165) is 24.7 Å². The van der Waals surface area contributed by atoms with Gasteiger partial charge < -0.3 is 19.3 Å². The van der Waals surface area contributed by atoms with E-state index in [1.54, 1.807) is 39.9 Å². The van der Waals surface area contributed by atoms with Crippen molar-refractivity contribution in [3.8, 4) is 0 Å². The lowest BCUT2D eigenvalue weighted by molar-refractivity contribution is -0.112. The molecular formula is C50H61N6O7P. The van der Waals surface area contributed by atoms with Gasteiger partial charge in [-0.2, -0.15) is 10.2 Å². The fraction of sp³-hybridized carbons (Fsp3) is 0.360. The Morgan fingerprint density at radius 2 is 1.00 bits per heavy atom. The highest BCUT2D eigenvalue weighted by molar-refractivity contribution is 7.95. The molecule has 2 atom stereocenters. The van der Waals surface area contributed by atoms with Gasteiger partial charge in [-0.1, -0.05) is 91.0 Å². The number of ketones is 2. The Balaban J connectivity index is 0.000000182. The summed E-state index contributed by atoms with van der Waals surface area (Å²) >= 11 is 0. The van der Waals surface area contributed by atoms with Gasteiger partial charge in [-0.05, 0) is 109 Å². The largest absolute Gasteiger partial charge is 0.444 e. The smallest absolute Gasteiger partial charge is 0.410 e. The van der Waals surface area contributed by atoms with Crippen LogP contribution in [0.4, 0.5) is 9.59 Å². The molecular weight excluding hydrogens is 828 g/mol. The zero-order valence-electron chi connectivity index (χ0n) is 38.2. The van der Waals surface area contributed by atoms with E-state index in [-0.39, 0.29) is 35.8 Å². The molecule has 5 aromatic rings. The van der Waals surface area contributed by atoms with Crippen molar-refractivity contribution in [1.82, 2.24) is 29.4 Å². The first kappa shape index (κ1) is 48.7. The third-order valence-electron chi connectivity index (χ3n) is 10.1. The van der Waals surface area contributed by atoms with Crippen LogP contribution in [0.1, 0.15) is 96.2 Å². The van der Waals surface area contributed by atoms with Crippen LogP contribution in [0.5, 0.6) is 0 Å². The molecule has 64 heavy (non-hydrogen) atoms. The van der Waals surface area contributed by atoms with Crippen molar-refractivity contribution in [2.75, 3.05) is 26.2 Å². The van der Waals surface area contributed by atoms with Crippen LogP contribution < -0.4 is 15.9 Å². The maximum Gasteiger partial charge on any atom is 0.410 e. The van der Waals surface area contributed by atoms with E-state index in [4.69, 9.17) is 9.47 Å². The average molecular weight is 889 g/mol. The molecule has 3 aromatic carbocycles. The third-order valence-corrected chi connectivity index (χ3v) is 14.2. The van der Waals surface area contributed by atoms with Gasteiger partial charge in [0.1, 0.15) is 11.2 Å². The van der Waals surface area contributed by atoms with Crippen molar-refractivity contribution in [2.24, 2.45) is 0 Å². The van der Waals surface area contributed by atoms with Crippen LogP contribution in [-0.4, -0.2) is 103 Å². The van der Waals surface area contributed by atoms with E-state index in [0.29, 0.717) is 31.7 Å². The van der Waals surface area contributed by atoms with E-state index in [1.165, 1.54) is 35.1 Å². The van der Waals surface area contributed by atoms with E-state index < -0.39 is 18.1 Å². The summed E-state index contributed by atoms with van der Waals surface area (Å²) in [5, 5.41) is 12.1. The molecule has 2 saturated heterocycles. The number of nitrogens with zero attached hydrogens (tertiary/aromatic N) is 6. The van der Waals surface area contributed by atoms with Gasteiger partial charge in [-0.25, -0.2) is 9.59 Å². The summed E-state index contributed by atoms with van der Waals surface area (Å²) < 4.78 is 14.3. The summed E-state index contributed by atoms with van der Waals surface area (Å²) in [5.41, 5.74) is 0.471. The number of rotatable bonds is 9. The second kappa shape index (κ2) is 21.8. The highest BCUT2D eigenvalue weighted by Crippen LogP contribution is 2.43. The SMILES string of the molecule is CC(=O)C=Cc1cnn([C@@H]2CCN(C(=O)OC(C)(C)C)C2)c1.CC(=O)C=P(c1ccccc1)(c1ccccc1)c1ccccc1.CC(C)(C)OC(=O)N1CC[C@@H](n2cc(C=O)cn2)C1. The Morgan fingerprint density at radius 3 is 1.34 bits per heavy atom. The van der Waals surface area contributed by atoms with Crippen LogP contribution >= 0.6 is 6.89 Å². The first-order valence-corrected chi connectivity index (χ1v) is 23.3. The number of hydrogen-bond acceptors (Lipinski definition) is 9. The molecule has 2 aliphatic rings. The summed E-state index contributed by atoms with van der Waals surface area (Å²) in [7, 11) is 0. The number of hydrogen-bond donors (Lipinski definition) is 0. The van der Waals surface area contributed by atoms with Gasteiger partial charge in [0, 0.05) is 44.1 Å². The second-order valence-electron chi connectivity index (χ2n) is 17.8. The number of benzene rings is 3. The van der Waals surface area contributed by atoms with Crippen molar-refractivity contribution >= 4 is 64.7 Å². The van der Waals surface area contributed by atoms with Gasteiger partial charge in [-0.15, -0.1) is 0 Å². The van der Waals surface area contributed by atoms with Crippen LogP contribution in [-0.2, 0) is 19.1 Å². The Bertz CT molecular complexity index is 2330. The first-order chi connectivity index (χ1) is 30.4. The van der Waals surface area contributed by atoms with Gasteiger partial charge in [0.25, 0.3) is 0 Å². The first-order valence-electron chi connectivity index (χ1n) is 21.5. The highest BCUT2D eigenvalue weighted by Gasteiger charge is 2.32. The summed E-state index contributed by atoms with van der Waals surface area (Å²) in [4.78, 5) is 61.1. The van der Waals surface area contributed by atoms with E-state index in [1.807, 2.05) is 113 Å². The number of allylic oxidation sites excluding steroid dienone is 1. The second-order valence-corrected chi connectivity index (χ2v) is 21.0. The summed E-state index contributed by atoms with van der Waals surface area (Å²) in [6, 6.07) is 31.4. The predicted octanol–water partition coefficient (Wildman–Crippen LogP) is 7.92. The van der Waals surface area contributed by atoms with Crippen LogP contribution in [0.3, 0.4) is 0 Å². The van der Waals surface area contributed by atoms with E-state index >= 15 is 0 Å². The number of carbonyl (C=O) groups excluding carboxylic acids is 5. The molecule has 2 fully saturated rings. The number of aromatic nitrogens is 4. The fourth-order valence-corrected chi connectivity index (χ4v) is 11.1. The molecule has 338 valence electrons. The van der Waals surface area contributed by atoms with Crippen LogP contribution in [0, 0.1) is 0 Å². The van der Waals surface area contributed by atoms with E-state index in [9.17, 15) is 24.0 Å². The minimum Gasteiger partial charge on any atom is -0.444 e. The normalized spacial score (nSPS) is 16.2. The molecule has 0 aliphatic carbocycles. The molecule has 0 unspecified atom stereocenters. The average Bonchev–Trinajstić information content (AvgIpc) is 4.10. The van der Waals surface area contributed by atoms with Crippen molar-refractivity contribution in [1.29, 1.82) is 0 Å². The quantitative estimate of drug-likeness (QED) is 0.0819. The topological polar surface area (TPSA) is 146 Å². The van der Waals surface area contributed by atoms with Crippen molar-refractivity contribution in [3.63, 3.8) is 0 Å². The molecule has 2 aliphatic heterocycles. The van der Waals surface area contributed by atoms with Gasteiger partial charge >= 0.3 is 12.2 Å². The number of Topliss-reactive ketones (excluding diaryl/α,β-unsaturated/α-hetero) is 1. The zero-order chi connectivity index (χ0) is 46.5. The van der Waals surface area contributed by atoms with Crippen molar-refractivity contribution < 1.29 is 33.4 Å². The monoisotopic (exact) mass is 888 g/mol. The van der Waals surface area contributed by atoms with Gasteiger partial charge in [0.15, 0.2) is 17.9 Å². The molecule has 2 amide bonds. The summed E-state index contributed by atoms with van der Waals surface area (Å²) in [6.07, 6.45) is 12.0. The van der Waals surface area contributed by atoms with Crippen molar-refractivity contribution in [2.45, 2.75) is 91.5 Å². The van der Waals surface area contributed by atoms with Gasteiger partial charge in [0.05, 0.1) is 30.0 Å². The fourth-order valence-electron chi connectivity index (χ4n) is 7.30. The Hall–Kier alpha value is -6.33. The number of ether oxygens (including phenoxy) is 2. The standard InChI is InChI=1S/C21H19OP.C16H23N3O3.C13H19N3O3/c1-18(22)17-23(19-11-5-2-6-12-19,20-13-7-3-8-14-20)21-15-9-4-10-16-21;1-12(20)5-6-13-9-17-19(10-13)14-7-8-18(11-14)15(21)22-16(2,3)4;1-13(2,3)19-12(18)15-5-4-11(8-15)16-7-10(9-17)6-14-16/h2-17H,1H3;5-6,9-10,14H,7-8,11H2,1-4H3;6-7,9,11H,4-5,8H2,1-3H3/t;14-;11-/m.11/s1. The Kier molecular flexibility index (Phi) is 16.6. The molecule has 4 heterocycles. The Labute approximate surface area is 377 Å². The molecule has 0 saturated carbocycles. The molecule has 0 radical (unpaired) electrons. The summed E-state index contributed by atoms with van der Waals surface area (Å²) in [6.45, 7) is 14.7. The Morgan fingerprint density at radius 1 is 0.609 bits per heavy atom. The molecule has 0 N–H and O–H groups in total. The van der Waals surface area contributed by atoms with Gasteiger partial charge in [-0.3, -0.25) is 23.7 Å². The molecule has 0 bridgehead atoms. The van der Waals surface area contributed by atoms with Gasteiger partial charge in [0.2, 0.25) is 0 Å². The minimum atomic E-state index is -2.08.